The van der Waals surface area contributed by atoms with E-state index in [9.17, 15) is 4.39 Å². The van der Waals surface area contributed by atoms with Crippen LogP contribution in [0.1, 0.15) is 13.8 Å². The largest absolute Gasteiger partial charge is 0.497 e. The molecule has 0 radical (unpaired) electrons. The molecule has 112 valence electrons. The van der Waals surface area contributed by atoms with E-state index in [1.165, 1.54) is 6.07 Å². The van der Waals surface area contributed by atoms with Crippen LogP contribution in [0.4, 0.5) is 10.1 Å². The van der Waals surface area contributed by atoms with E-state index in [2.05, 4.69) is 24.1 Å². The van der Waals surface area contributed by atoms with Crippen LogP contribution in [0.2, 0.25) is 0 Å². The van der Waals surface area contributed by atoms with Gasteiger partial charge in [-0.2, -0.15) is 0 Å². The summed E-state index contributed by atoms with van der Waals surface area (Å²) in [6.07, 6.45) is 0.0803. The van der Waals surface area contributed by atoms with Gasteiger partial charge in [0.25, 0.3) is 0 Å². The Morgan fingerprint density at radius 1 is 1.50 bits per heavy atom. The highest BCUT2D eigenvalue weighted by atomic mass is 19.1. The summed E-state index contributed by atoms with van der Waals surface area (Å²) in [6, 6.07) is 5.19. The Balaban J connectivity index is 1.91. The molecule has 1 aromatic carbocycles. The number of methoxy groups -OCH3 is 1. The van der Waals surface area contributed by atoms with Gasteiger partial charge in [-0.25, -0.2) is 4.39 Å². The fraction of sp³-hybridized carbons (Fsp3) is 0.600. The minimum Gasteiger partial charge on any atom is -0.497 e. The third kappa shape index (κ3) is 3.84. The quantitative estimate of drug-likeness (QED) is 0.899. The second kappa shape index (κ2) is 6.90. The Bertz CT molecular complexity index is 440. The van der Waals surface area contributed by atoms with Gasteiger partial charge < -0.3 is 14.8 Å². The van der Waals surface area contributed by atoms with E-state index in [4.69, 9.17) is 9.47 Å². The zero-order valence-electron chi connectivity index (χ0n) is 12.4. The number of hydrogen-bond donors (Lipinski definition) is 1. The lowest BCUT2D eigenvalue weighted by Gasteiger charge is -2.35. The summed E-state index contributed by atoms with van der Waals surface area (Å²) in [7, 11) is 1.57. The molecule has 1 unspecified atom stereocenters. The second-order valence-electron chi connectivity index (χ2n) is 5.31. The predicted molar refractivity (Wildman–Crippen MR) is 77.9 cm³/mol. The lowest BCUT2D eigenvalue weighted by atomic mass is 10.2. The molecule has 0 aromatic heterocycles. The van der Waals surface area contributed by atoms with Crippen molar-refractivity contribution in [2.24, 2.45) is 0 Å². The zero-order valence-corrected chi connectivity index (χ0v) is 12.4. The topological polar surface area (TPSA) is 33.7 Å². The Labute approximate surface area is 119 Å². The highest BCUT2D eigenvalue weighted by Crippen LogP contribution is 2.21. The van der Waals surface area contributed by atoms with E-state index in [-0.39, 0.29) is 11.9 Å². The van der Waals surface area contributed by atoms with Crippen LogP contribution in [-0.4, -0.2) is 50.4 Å². The number of benzene rings is 1. The van der Waals surface area contributed by atoms with E-state index < -0.39 is 0 Å². The van der Waals surface area contributed by atoms with Gasteiger partial charge in [0.05, 0.1) is 25.5 Å². The van der Waals surface area contributed by atoms with Crippen molar-refractivity contribution >= 4 is 5.69 Å². The van der Waals surface area contributed by atoms with Gasteiger partial charge in [0.1, 0.15) is 11.6 Å². The normalized spacial score (nSPS) is 20.1. The molecule has 0 amide bonds. The van der Waals surface area contributed by atoms with Gasteiger partial charge in [0, 0.05) is 31.7 Å². The molecule has 0 spiro atoms. The molecule has 5 heteroatoms. The molecule has 1 aliphatic rings. The number of nitrogens with zero attached hydrogens (tertiary/aromatic N) is 1. The van der Waals surface area contributed by atoms with Gasteiger partial charge in [-0.3, -0.25) is 4.90 Å². The minimum absolute atomic E-state index is 0.0803. The highest BCUT2D eigenvalue weighted by Gasteiger charge is 2.22. The molecule has 1 saturated heterocycles. The van der Waals surface area contributed by atoms with Crippen molar-refractivity contribution in [2.75, 3.05) is 38.7 Å². The predicted octanol–water partition coefficient (Wildman–Crippen LogP) is 2.36. The molecule has 0 aliphatic carbocycles. The van der Waals surface area contributed by atoms with Crippen LogP contribution in [0, 0.1) is 5.82 Å². The summed E-state index contributed by atoms with van der Waals surface area (Å²) in [4.78, 5) is 2.37. The van der Waals surface area contributed by atoms with Crippen LogP contribution in [0.25, 0.3) is 0 Å². The van der Waals surface area contributed by atoms with E-state index in [1.807, 2.05) is 0 Å². The van der Waals surface area contributed by atoms with Crippen LogP contribution in [-0.2, 0) is 4.74 Å². The molecule has 2 rings (SSSR count). The molecule has 4 nitrogen and oxygen atoms in total. The molecular weight excluding hydrogens is 259 g/mol. The summed E-state index contributed by atoms with van der Waals surface area (Å²) in [5.41, 5.74) is 0.453. The molecule has 1 fully saturated rings. The van der Waals surface area contributed by atoms with Crippen molar-refractivity contribution in [3.63, 3.8) is 0 Å². The molecule has 1 atom stereocenters. The van der Waals surface area contributed by atoms with Gasteiger partial charge in [0.2, 0.25) is 0 Å². The molecule has 1 aromatic rings. The van der Waals surface area contributed by atoms with Gasteiger partial charge >= 0.3 is 0 Å². The van der Waals surface area contributed by atoms with E-state index in [1.54, 1.807) is 19.2 Å². The average Bonchev–Trinajstić information content (AvgIpc) is 2.46. The van der Waals surface area contributed by atoms with Crippen molar-refractivity contribution in [3.05, 3.63) is 24.0 Å². The number of halogens is 1. The molecule has 1 aliphatic heterocycles. The van der Waals surface area contributed by atoms with Gasteiger partial charge in [-0.15, -0.1) is 0 Å². The Morgan fingerprint density at radius 2 is 2.30 bits per heavy atom. The van der Waals surface area contributed by atoms with Crippen molar-refractivity contribution < 1.29 is 13.9 Å². The van der Waals surface area contributed by atoms with E-state index >= 15 is 0 Å². The summed E-state index contributed by atoms with van der Waals surface area (Å²) in [5.74, 6) is 0.365. The zero-order chi connectivity index (χ0) is 14.5. The molecule has 0 saturated carbocycles. The van der Waals surface area contributed by atoms with Crippen LogP contribution < -0.4 is 10.1 Å². The summed E-state index contributed by atoms with van der Waals surface area (Å²) >= 11 is 0. The van der Waals surface area contributed by atoms with Crippen LogP contribution in [0.3, 0.4) is 0 Å². The first kappa shape index (κ1) is 15.1. The first-order valence-corrected chi connectivity index (χ1v) is 7.03. The van der Waals surface area contributed by atoms with Gasteiger partial charge in [-0.05, 0) is 26.0 Å². The molecule has 1 heterocycles. The third-order valence-electron chi connectivity index (χ3n) is 3.59. The number of morpholine rings is 1. The molecule has 20 heavy (non-hydrogen) atoms. The Hall–Kier alpha value is -1.33. The van der Waals surface area contributed by atoms with Crippen molar-refractivity contribution in [1.29, 1.82) is 0 Å². The monoisotopic (exact) mass is 282 g/mol. The lowest BCUT2D eigenvalue weighted by Crippen LogP contribution is -2.48. The molecule has 0 bridgehead atoms. The van der Waals surface area contributed by atoms with Crippen LogP contribution >= 0.6 is 0 Å². The molecular formula is C15H23FN2O2. The number of anilines is 1. The first-order chi connectivity index (χ1) is 9.60. The van der Waals surface area contributed by atoms with Crippen molar-refractivity contribution in [2.45, 2.75) is 26.0 Å². The Morgan fingerprint density at radius 3 is 3.00 bits per heavy atom. The second-order valence-corrected chi connectivity index (χ2v) is 5.31. The first-order valence-electron chi connectivity index (χ1n) is 7.03. The number of hydrogen-bond acceptors (Lipinski definition) is 4. The Kier molecular flexibility index (Phi) is 5.20. The minimum atomic E-state index is -0.276. The average molecular weight is 282 g/mol. The summed E-state index contributed by atoms with van der Waals surface area (Å²) < 4.78 is 24.5. The SMILES string of the molecule is COc1ccc(F)c(NCC2CN(C(C)C)CCO2)c1. The molecule has 1 N–H and O–H groups in total. The number of rotatable bonds is 5. The summed E-state index contributed by atoms with van der Waals surface area (Å²) in [5, 5.41) is 3.11. The third-order valence-corrected chi connectivity index (χ3v) is 3.59. The van der Waals surface area contributed by atoms with E-state index in [0.29, 0.717) is 24.0 Å². The number of nitrogens with one attached hydrogen (secondary N) is 1. The van der Waals surface area contributed by atoms with Crippen LogP contribution in [0.15, 0.2) is 18.2 Å². The standard InChI is InChI=1S/C15H23FN2O2/c1-11(2)18-6-7-20-13(10-18)9-17-15-8-12(19-3)4-5-14(15)16/h4-5,8,11,13,17H,6-7,9-10H2,1-3H3. The van der Waals surface area contributed by atoms with Crippen molar-refractivity contribution in [1.82, 2.24) is 4.90 Å². The van der Waals surface area contributed by atoms with Crippen LogP contribution in [0.5, 0.6) is 5.75 Å². The summed E-state index contributed by atoms with van der Waals surface area (Å²) in [6.45, 7) is 7.51. The fourth-order valence-electron chi connectivity index (χ4n) is 2.33. The maximum atomic E-state index is 13.7. The maximum Gasteiger partial charge on any atom is 0.146 e. The van der Waals surface area contributed by atoms with E-state index in [0.717, 1.165) is 19.7 Å². The van der Waals surface area contributed by atoms with Crippen molar-refractivity contribution in [3.8, 4) is 5.75 Å². The smallest absolute Gasteiger partial charge is 0.146 e. The van der Waals surface area contributed by atoms with Gasteiger partial charge in [-0.1, -0.05) is 0 Å². The highest BCUT2D eigenvalue weighted by molar-refractivity contribution is 5.49. The number of ether oxygens (including phenoxy) is 2. The fourth-order valence-corrected chi connectivity index (χ4v) is 2.33. The lowest BCUT2D eigenvalue weighted by molar-refractivity contribution is -0.0315. The maximum absolute atomic E-state index is 13.7. The van der Waals surface area contributed by atoms with Gasteiger partial charge in [0.15, 0.2) is 0 Å².